The van der Waals surface area contributed by atoms with Crippen molar-refractivity contribution in [2.45, 2.75) is 23.3 Å². The van der Waals surface area contributed by atoms with Crippen LogP contribution in [0.4, 0.5) is 10.1 Å². The molecule has 0 radical (unpaired) electrons. The lowest BCUT2D eigenvalue weighted by Crippen LogP contribution is -2.52. The molecule has 1 fully saturated rings. The number of halogens is 1. The van der Waals surface area contributed by atoms with Crippen molar-refractivity contribution in [3.8, 4) is 0 Å². The Morgan fingerprint density at radius 1 is 1.32 bits per heavy atom. The summed E-state index contributed by atoms with van der Waals surface area (Å²) in [5, 5.41) is 3.22. The van der Waals surface area contributed by atoms with Crippen LogP contribution in [0.1, 0.15) is 12.8 Å². The molecular formula is C14H22FN3O5S2. The second kappa shape index (κ2) is 7.54. The zero-order valence-electron chi connectivity index (χ0n) is 14.0. The predicted molar refractivity (Wildman–Crippen MR) is 91.9 cm³/mol. The van der Waals surface area contributed by atoms with Gasteiger partial charge in [0.1, 0.15) is 10.7 Å². The number of hydrogen-bond acceptors (Lipinski definition) is 6. The Balaban J connectivity index is 2.16. The summed E-state index contributed by atoms with van der Waals surface area (Å²) < 4.78 is 70.9. The van der Waals surface area contributed by atoms with E-state index in [2.05, 4.69) is 14.8 Å². The van der Waals surface area contributed by atoms with Crippen molar-refractivity contribution < 1.29 is 26.0 Å². The van der Waals surface area contributed by atoms with Crippen LogP contribution in [0, 0.1) is 5.82 Å². The Bertz CT molecular complexity index is 821. The van der Waals surface area contributed by atoms with Crippen LogP contribution < -0.4 is 14.8 Å². The smallest absolute Gasteiger partial charge is 0.243 e. The van der Waals surface area contributed by atoms with Gasteiger partial charge < -0.3 is 10.1 Å². The molecule has 0 amide bonds. The van der Waals surface area contributed by atoms with Gasteiger partial charge in [0.25, 0.3) is 0 Å². The average molecular weight is 395 g/mol. The van der Waals surface area contributed by atoms with Crippen LogP contribution in [0.15, 0.2) is 23.1 Å². The molecule has 8 nitrogen and oxygen atoms in total. The summed E-state index contributed by atoms with van der Waals surface area (Å²) in [6.45, 7) is 1.15. The lowest BCUT2D eigenvalue weighted by molar-refractivity contribution is 0.122. The monoisotopic (exact) mass is 395 g/mol. The zero-order chi connectivity index (χ0) is 18.7. The lowest BCUT2D eigenvalue weighted by atomic mass is 9.99. The van der Waals surface area contributed by atoms with Crippen LogP contribution in [0.2, 0.25) is 0 Å². The third-order valence-corrected chi connectivity index (χ3v) is 5.92. The zero-order valence-corrected chi connectivity index (χ0v) is 15.6. The highest BCUT2D eigenvalue weighted by molar-refractivity contribution is 7.92. The summed E-state index contributed by atoms with van der Waals surface area (Å²) in [6, 6.07) is 3.04. The van der Waals surface area contributed by atoms with Gasteiger partial charge in [-0.2, -0.15) is 0 Å². The quantitative estimate of drug-likeness (QED) is 0.581. The fourth-order valence-electron chi connectivity index (χ4n) is 2.78. The maximum atomic E-state index is 14.2. The summed E-state index contributed by atoms with van der Waals surface area (Å²) in [7, 11) is -6.14. The standard InChI is InChI=1S/C14H22FN3O5S2/c1-23-10-14(6-3-7-16-14)9-17-25(21,22)13-5-4-11(8-12(13)15)18-24(2,19)20/h4-5,8,16-18H,3,6-7,9-10H2,1-2H3. The molecule has 0 spiro atoms. The van der Waals surface area contributed by atoms with E-state index in [1.54, 1.807) is 0 Å². The predicted octanol–water partition coefficient (Wildman–Crippen LogP) is 0.244. The molecule has 1 heterocycles. The number of anilines is 1. The van der Waals surface area contributed by atoms with Gasteiger partial charge in [0.15, 0.2) is 0 Å². The first kappa shape index (κ1) is 20.0. The SMILES string of the molecule is COCC1(CNS(=O)(=O)c2ccc(NS(C)(=O)=O)cc2F)CCCN1. The lowest BCUT2D eigenvalue weighted by Gasteiger charge is -2.28. The molecule has 1 aliphatic rings. The molecule has 1 aromatic rings. The van der Waals surface area contributed by atoms with Crippen molar-refractivity contribution in [1.82, 2.24) is 10.0 Å². The molecule has 0 saturated carbocycles. The van der Waals surface area contributed by atoms with E-state index in [1.807, 2.05) is 0 Å². The van der Waals surface area contributed by atoms with E-state index in [0.717, 1.165) is 37.8 Å². The Morgan fingerprint density at radius 3 is 2.56 bits per heavy atom. The highest BCUT2D eigenvalue weighted by atomic mass is 32.2. The van der Waals surface area contributed by atoms with Gasteiger partial charge in [-0.1, -0.05) is 0 Å². The van der Waals surface area contributed by atoms with Gasteiger partial charge in [0.2, 0.25) is 20.0 Å². The second-order valence-electron chi connectivity index (χ2n) is 6.09. The minimum absolute atomic E-state index is 0.0488. The highest BCUT2D eigenvalue weighted by Crippen LogP contribution is 2.22. The van der Waals surface area contributed by atoms with Gasteiger partial charge in [-0.05, 0) is 37.6 Å². The molecule has 1 aliphatic heterocycles. The van der Waals surface area contributed by atoms with Gasteiger partial charge >= 0.3 is 0 Å². The van der Waals surface area contributed by atoms with Crippen LogP contribution in [0.5, 0.6) is 0 Å². The van der Waals surface area contributed by atoms with Crippen LogP contribution in [0.3, 0.4) is 0 Å². The van der Waals surface area contributed by atoms with Crippen LogP contribution in [-0.4, -0.2) is 55.4 Å². The first-order valence-electron chi connectivity index (χ1n) is 7.58. The van der Waals surface area contributed by atoms with Crippen LogP contribution in [-0.2, 0) is 24.8 Å². The number of hydrogen-bond donors (Lipinski definition) is 3. The number of ether oxygens (including phenoxy) is 1. The molecular weight excluding hydrogens is 373 g/mol. The molecule has 1 saturated heterocycles. The minimum Gasteiger partial charge on any atom is -0.383 e. The van der Waals surface area contributed by atoms with Gasteiger partial charge in [-0.25, -0.2) is 25.9 Å². The number of benzene rings is 1. The normalized spacial score (nSPS) is 21.4. The third kappa shape index (κ3) is 5.35. The fourth-order valence-corrected chi connectivity index (χ4v) is 4.52. The number of nitrogens with one attached hydrogen (secondary N) is 3. The van der Waals surface area contributed by atoms with E-state index in [9.17, 15) is 21.2 Å². The molecule has 142 valence electrons. The van der Waals surface area contributed by atoms with E-state index in [1.165, 1.54) is 13.2 Å². The van der Waals surface area contributed by atoms with Crippen molar-refractivity contribution in [3.63, 3.8) is 0 Å². The summed E-state index contributed by atoms with van der Waals surface area (Å²) in [6.07, 6.45) is 2.55. The molecule has 0 aliphatic carbocycles. The second-order valence-corrected chi connectivity index (χ2v) is 9.57. The van der Waals surface area contributed by atoms with E-state index in [0.29, 0.717) is 6.61 Å². The first-order valence-corrected chi connectivity index (χ1v) is 11.0. The van der Waals surface area contributed by atoms with E-state index < -0.39 is 36.3 Å². The number of methoxy groups -OCH3 is 1. The summed E-state index contributed by atoms with van der Waals surface area (Å²) in [5.41, 5.74) is -0.567. The Morgan fingerprint density at radius 2 is 2.04 bits per heavy atom. The molecule has 0 bridgehead atoms. The third-order valence-electron chi connectivity index (χ3n) is 3.88. The maximum absolute atomic E-state index is 14.2. The topological polar surface area (TPSA) is 114 Å². The first-order chi connectivity index (χ1) is 11.6. The van der Waals surface area contributed by atoms with Crippen LogP contribution >= 0.6 is 0 Å². The fraction of sp³-hybridized carbons (Fsp3) is 0.571. The molecule has 3 N–H and O–H groups in total. The van der Waals surface area contributed by atoms with Crippen molar-refractivity contribution in [2.75, 3.05) is 37.8 Å². The Labute approximate surface area is 147 Å². The molecule has 2 rings (SSSR count). The van der Waals surface area contributed by atoms with Crippen LogP contribution in [0.25, 0.3) is 0 Å². The molecule has 1 aromatic carbocycles. The van der Waals surface area contributed by atoms with Crippen molar-refractivity contribution in [1.29, 1.82) is 0 Å². The molecule has 11 heteroatoms. The summed E-state index contributed by atoms with van der Waals surface area (Å²) in [5.74, 6) is -1.04. The van der Waals surface area contributed by atoms with Gasteiger partial charge in [-0.15, -0.1) is 0 Å². The van der Waals surface area contributed by atoms with Crippen molar-refractivity contribution in [2.24, 2.45) is 0 Å². The maximum Gasteiger partial charge on any atom is 0.243 e. The van der Waals surface area contributed by atoms with Gasteiger partial charge in [0.05, 0.1) is 24.1 Å². The Hall–Kier alpha value is -1.27. The molecule has 25 heavy (non-hydrogen) atoms. The Kier molecular flexibility index (Phi) is 6.05. The largest absolute Gasteiger partial charge is 0.383 e. The molecule has 1 unspecified atom stereocenters. The van der Waals surface area contributed by atoms with Crippen molar-refractivity contribution >= 4 is 25.7 Å². The van der Waals surface area contributed by atoms with Gasteiger partial charge in [-0.3, -0.25) is 4.72 Å². The van der Waals surface area contributed by atoms with Crippen molar-refractivity contribution in [3.05, 3.63) is 24.0 Å². The summed E-state index contributed by atoms with van der Waals surface area (Å²) >= 11 is 0. The number of rotatable bonds is 8. The number of sulfonamides is 2. The van der Waals surface area contributed by atoms with Gasteiger partial charge in [0, 0.05) is 13.7 Å². The van der Waals surface area contributed by atoms with E-state index in [-0.39, 0.29) is 12.2 Å². The average Bonchev–Trinajstić information content (AvgIpc) is 2.93. The molecule has 0 aromatic heterocycles. The van der Waals surface area contributed by atoms with E-state index >= 15 is 0 Å². The highest BCUT2D eigenvalue weighted by Gasteiger charge is 2.35. The summed E-state index contributed by atoms with van der Waals surface area (Å²) in [4.78, 5) is -0.544. The van der Waals surface area contributed by atoms with E-state index in [4.69, 9.17) is 4.74 Å². The molecule has 1 atom stereocenters. The minimum atomic E-state index is -4.09.